The maximum absolute atomic E-state index is 13.9. The summed E-state index contributed by atoms with van der Waals surface area (Å²) in [7, 11) is 1.46. The van der Waals surface area contributed by atoms with E-state index in [1.165, 1.54) is 12.0 Å². The lowest BCUT2D eigenvalue weighted by Crippen LogP contribution is -2.57. The Kier molecular flexibility index (Phi) is 9.08. The largest absolute Gasteiger partial charge is 0.493 e. The molecule has 1 saturated heterocycles. The van der Waals surface area contributed by atoms with Crippen molar-refractivity contribution < 1.29 is 39.1 Å². The Balaban J connectivity index is 1.60. The molecule has 220 valence electrons. The third kappa shape index (κ3) is 5.77. The van der Waals surface area contributed by atoms with Crippen molar-refractivity contribution in [1.82, 2.24) is 10.2 Å². The summed E-state index contributed by atoms with van der Waals surface area (Å²) < 4.78 is 17.5. The van der Waals surface area contributed by atoms with Gasteiger partial charge in [0.25, 0.3) is 5.91 Å². The molecule has 0 bridgehead atoms. The van der Waals surface area contributed by atoms with Crippen molar-refractivity contribution in [3.63, 3.8) is 0 Å². The van der Waals surface area contributed by atoms with E-state index in [4.69, 9.17) is 37.4 Å². The smallest absolute Gasteiger partial charge is 0.252 e. The van der Waals surface area contributed by atoms with Crippen LogP contribution in [0.3, 0.4) is 0 Å². The molecule has 1 fully saturated rings. The fourth-order valence-electron chi connectivity index (χ4n) is 5.74. The minimum absolute atomic E-state index is 0.0102. The predicted octanol–water partition coefficient (Wildman–Crippen LogP) is 2.32. The average Bonchev–Trinajstić information content (AvgIpc) is 3.65. The molecule has 0 saturated carbocycles. The van der Waals surface area contributed by atoms with E-state index in [1.54, 1.807) is 36.4 Å². The van der Waals surface area contributed by atoms with Gasteiger partial charge in [0, 0.05) is 30.8 Å². The molecule has 2 aromatic carbocycles. The third-order valence-corrected chi connectivity index (χ3v) is 8.42. The van der Waals surface area contributed by atoms with Gasteiger partial charge in [0.15, 0.2) is 11.5 Å². The number of aliphatic hydroxyl groups excluding tert-OH is 3. The molecule has 1 aliphatic carbocycles. The van der Waals surface area contributed by atoms with Gasteiger partial charge in [0.05, 0.1) is 42.3 Å². The van der Waals surface area contributed by atoms with E-state index in [0.717, 1.165) is 6.42 Å². The topological polar surface area (TPSA) is 138 Å². The minimum atomic E-state index is -1.25. The van der Waals surface area contributed by atoms with E-state index in [2.05, 4.69) is 5.32 Å². The molecular formula is C29H32Cl2N2O8. The number of hydrogen-bond acceptors (Lipinski definition) is 8. The van der Waals surface area contributed by atoms with Crippen LogP contribution in [0.5, 0.6) is 11.5 Å². The monoisotopic (exact) mass is 606 g/mol. The Hall–Kier alpha value is -2.86. The molecule has 5 rings (SSSR count). The van der Waals surface area contributed by atoms with Crippen LogP contribution in [0.4, 0.5) is 0 Å². The van der Waals surface area contributed by atoms with Crippen molar-refractivity contribution in [3.8, 4) is 11.5 Å². The molecule has 0 aromatic heterocycles. The molecule has 2 aliphatic heterocycles. The standard InChI is InChI=1S/C29H32Cl2N2O8/c1-39-23-11-16(14-35)9-17-24-18(28(37)32-6-7-34)12-21(25(36)27(24)41-26(17)23)33(29(38)22-3-2-8-40-22)13-15-4-5-19(30)20(31)10-15/h4-5,9-12,21-22,24-25,27,34-36H,2-3,6-8,13-14H2,1H3,(H,32,37). The van der Waals surface area contributed by atoms with E-state index in [0.29, 0.717) is 51.3 Å². The van der Waals surface area contributed by atoms with Gasteiger partial charge in [-0.3, -0.25) is 9.59 Å². The number of carbonyl (C=O) groups is 2. The highest BCUT2D eigenvalue weighted by Crippen LogP contribution is 2.51. The van der Waals surface area contributed by atoms with Gasteiger partial charge in [0.2, 0.25) is 5.91 Å². The summed E-state index contributed by atoms with van der Waals surface area (Å²) in [4.78, 5) is 28.8. The molecule has 3 aliphatic rings. The Labute approximate surface area is 247 Å². The van der Waals surface area contributed by atoms with E-state index in [9.17, 15) is 24.9 Å². The lowest BCUT2D eigenvalue weighted by atomic mass is 9.77. The Morgan fingerprint density at radius 3 is 2.61 bits per heavy atom. The van der Waals surface area contributed by atoms with Gasteiger partial charge < -0.3 is 39.7 Å². The maximum atomic E-state index is 13.9. The van der Waals surface area contributed by atoms with Crippen molar-refractivity contribution in [3.05, 3.63) is 68.7 Å². The van der Waals surface area contributed by atoms with Gasteiger partial charge in [0.1, 0.15) is 18.3 Å². The highest BCUT2D eigenvalue weighted by molar-refractivity contribution is 6.42. The average molecular weight is 607 g/mol. The van der Waals surface area contributed by atoms with E-state index in [-0.39, 0.29) is 37.8 Å². The zero-order valence-corrected chi connectivity index (χ0v) is 23.9. The molecule has 5 unspecified atom stereocenters. The van der Waals surface area contributed by atoms with E-state index in [1.807, 2.05) is 0 Å². The Morgan fingerprint density at radius 2 is 1.95 bits per heavy atom. The summed E-state index contributed by atoms with van der Waals surface area (Å²) in [5.74, 6) is -0.836. The second-order valence-corrected chi connectivity index (χ2v) is 11.0. The van der Waals surface area contributed by atoms with Crippen molar-refractivity contribution in [2.75, 3.05) is 26.9 Å². The van der Waals surface area contributed by atoms with Crippen LogP contribution in [0.2, 0.25) is 10.0 Å². The molecule has 5 atom stereocenters. The first-order chi connectivity index (χ1) is 19.8. The second kappa shape index (κ2) is 12.6. The van der Waals surface area contributed by atoms with E-state index >= 15 is 0 Å². The van der Waals surface area contributed by atoms with Crippen LogP contribution in [-0.2, 0) is 27.5 Å². The molecule has 2 amide bonds. The number of amides is 2. The van der Waals surface area contributed by atoms with Gasteiger partial charge in [-0.25, -0.2) is 0 Å². The summed E-state index contributed by atoms with van der Waals surface area (Å²) in [6, 6.07) is 7.39. The summed E-state index contributed by atoms with van der Waals surface area (Å²) >= 11 is 12.4. The molecule has 4 N–H and O–H groups in total. The summed E-state index contributed by atoms with van der Waals surface area (Å²) in [6.45, 7) is -0.0199. The van der Waals surface area contributed by atoms with E-state index < -0.39 is 36.2 Å². The third-order valence-electron chi connectivity index (χ3n) is 7.68. The quantitative estimate of drug-likeness (QED) is 0.341. The van der Waals surface area contributed by atoms with Crippen molar-refractivity contribution >= 4 is 35.0 Å². The number of carbonyl (C=O) groups excluding carboxylic acids is 2. The Morgan fingerprint density at radius 1 is 1.15 bits per heavy atom. The lowest BCUT2D eigenvalue weighted by Gasteiger charge is -2.41. The number of methoxy groups -OCH3 is 1. The lowest BCUT2D eigenvalue weighted by molar-refractivity contribution is -0.147. The number of benzene rings is 2. The predicted molar refractivity (Wildman–Crippen MR) is 150 cm³/mol. The highest BCUT2D eigenvalue weighted by atomic mass is 35.5. The molecule has 0 spiro atoms. The number of ether oxygens (including phenoxy) is 3. The first-order valence-corrected chi connectivity index (χ1v) is 14.2. The van der Waals surface area contributed by atoms with Crippen LogP contribution >= 0.6 is 23.2 Å². The molecule has 2 heterocycles. The van der Waals surface area contributed by atoms with Crippen molar-refractivity contribution in [2.45, 2.75) is 56.3 Å². The van der Waals surface area contributed by atoms with Crippen LogP contribution in [-0.4, -0.2) is 83.3 Å². The maximum Gasteiger partial charge on any atom is 0.252 e. The molecule has 12 heteroatoms. The Bertz CT molecular complexity index is 1350. The van der Waals surface area contributed by atoms with Gasteiger partial charge >= 0.3 is 0 Å². The number of nitrogens with one attached hydrogen (secondary N) is 1. The van der Waals surface area contributed by atoms with Crippen LogP contribution in [0.1, 0.15) is 35.4 Å². The number of hydrogen-bond donors (Lipinski definition) is 4. The summed E-state index contributed by atoms with van der Waals surface area (Å²) in [5.41, 5.74) is 2.05. The fraction of sp³-hybridized carbons (Fsp3) is 0.448. The number of halogens is 2. The minimum Gasteiger partial charge on any atom is -0.493 e. The molecule has 2 aromatic rings. The summed E-state index contributed by atoms with van der Waals surface area (Å²) in [6.07, 6.45) is -0.0626. The van der Waals surface area contributed by atoms with Crippen LogP contribution in [0.25, 0.3) is 0 Å². The van der Waals surface area contributed by atoms with Gasteiger partial charge in [-0.15, -0.1) is 0 Å². The first kappa shape index (κ1) is 29.6. The molecular weight excluding hydrogens is 575 g/mol. The number of nitrogens with zero attached hydrogens (tertiary/aromatic N) is 1. The van der Waals surface area contributed by atoms with Gasteiger partial charge in [-0.05, 0) is 54.3 Å². The fourth-order valence-corrected chi connectivity index (χ4v) is 6.06. The molecule has 41 heavy (non-hydrogen) atoms. The van der Waals surface area contributed by atoms with Crippen LogP contribution < -0.4 is 14.8 Å². The number of rotatable bonds is 9. The normalized spacial score (nSPS) is 24.6. The van der Waals surface area contributed by atoms with Crippen molar-refractivity contribution in [1.29, 1.82) is 0 Å². The van der Waals surface area contributed by atoms with Crippen molar-refractivity contribution in [2.24, 2.45) is 0 Å². The zero-order chi connectivity index (χ0) is 29.3. The second-order valence-electron chi connectivity index (χ2n) is 10.2. The van der Waals surface area contributed by atoms with Gasteiger partial charge in [-0.2, -0.15) is 0 Å². The van der Waals surface area contributed by atoms with Crippen LogP contribution in [0.15, 0.2) is 42.0 Å². The molecule has 0 radical (unpaired) electrons. The first-order valence-electron chi connectivity index (χ1n) is 13.4. The van der Waals surface area contributed by atoms with Crippen LogP contribution in [0, 0.1) is 0 Å². The summed E-state index contributed by atoms with van der Waals surface area (Å²) in [5, 5.41) is 34.4. The SMILES string of the molecule is COc1cc(CO)cc2c1OC1C2C(C(=O)NCCO)=CC(N(Cc2ccc(Cl)c(Cl)c2)C(=O)C2CCCO2)C1O. The molecule has 10 nitrogen and oxygen atoms in total. The number of aliphatic hydroxyl groups is 3. The highest BCUT2D eigenvalue weighted by Gasteiger charge is 2.52. The van der Waals surface area contributed by atoms with Gasteiger partial charge in [-0.1, -0.05) is 29.3 Å². The number of fused-ring (bicyclic) bond motifs is 3. The zero-order valence-electron chi connectivity index (χ0n) is 22.4.